The summed E-state index contributed by atoms with van der Waals surface area (Å²) in [6.07, 6.45) is -4.01. The summed E-state index contributed by atoms with van der Waals surface area (Å²) in [6.45, 7) is 4.32. The van der Waals surface area contributed by atoms with Crippen LogP contribution in [0.3, 0.4) is 0 Å². The Kier molecular flexibility index (Phi) is 9.04. The summed E-state index contributed by atoms with van der Waals surface area (Å²) in [5, 5.41) is 7.93. The summed E-state index contributed by atoms with van der Waals surface area (Å²) < 4.78 is 44.7. The normalized spacial score (nSPS) is 19.2. The minimum Gasteiger partial charge on any atom is -0.387 e. The highest BCUT2D eigenvalue weighted by molar-refractivity contribution is 6.35. The van der Waals surface area contributed by atoms with Gasteiger partial charge in [0.15, 0.2) is 11.9 Å². The second-order valence-electron chi connectivity index (χ2n) is 8.30. The molecule has 1 N–H and O–H groups in total. The molecule has 2 aromatic carbocycles. The molecular weight excluding hydrogens is 541 g/mol. The van der Waals surface area contributed by atoms with Gasteiger partial charge < -0.3 is 10.2 Å². The monoisotopic (exact) mass is 563 g/mol. The summed E-state index contributed by atoms with van der Waals surface area (Å²) in [5.41, 5.74) is 3.26. The first-order valence-electron chi connectivity index (χ1n) is 11.1. The molecule has 37 heavy (non-hydrogen) atoms. The molecule has 0 radical (unpaired) electrons. The third-order valence-corrected chi connectivity index (χ3v) is 5.93. The molecule has 2 amide bonds. The smallest absolute Gasteiger partial charge is 0.386 e. The maximum absolute atomic E-state index is 13.7. The molecule has 0 aromatic heterocycles. The standard InChI is InChI=1S/C22H20Cl2FN3O4.C2H3F3/c1-3-28-22(30)18(10-31-28)26-21(29)14-5-4-12(6-11(14)2)17-9-19(32-27-17)13-7-15(23)20(25)16(24)8-13;1-2(3,4)5/h4-8,18-19H,3,9-10H2,1-2H3,(H,26,29);1H3. The zero-order valence-corrected chi connectivity index (χ0v) is 21.5. The molecule has 1 saturated heterocycles. The number of carbonyl (C=O) groups is 2. The number of hydrogen-bond donors (Lipinski definition) is 1. The largest absolute Gasteiger partial charge is 0.387 e. The Morgan fingerprint density at radius 2 is 1.84 bits per heavy atom. The summed E-state index contributed by atoms with van der Waals surface area (Å²) in [6, 6.07) is 7.51. The predicted octanol–water partition coefficient (Wildman–Crippen LogP) is 5.77. The molecule has 4 rings (SSSR count). The Balaban J connectivity index is 0.000000695. The molecule has 200 valence electrons. The highest BCUT2D eigenvalue weighted by Crippen LogP contribution is 2.34. The number of aryl methyl sites for hydroxylation is 1. The fourth-order valence-corrected chi connectivity index (χ4v) is 4.15. The first-order valence-corrected chi connectivity index (χ1v) is 11.8. The maximum atomic E-state index is 13.7. The zero-order valence-electron chi connectivity index (χ0n) is 20.0. The van der Waals surface area contributed by atoms with E-state index in [1.807, 2.05) is 6.07 Å². The quantitative estimate of drug-likeness (QED) is 0.370. The summed E-state index contributed by atoms with van der Waals surface area (Å²) in [5.74, 6) is -1.29. The van der Waals surface area contributed by atoms with E-state index in [9.17, 15) is 27.2 Å². The van der Waals surface area contributed by atoms with E-state index in [0.717, 1.165) is 11.1 Å². The van der Waals surface area contributed by atoms with Crippen LogP contribution in [0, 0.1) is 12.7 Å². The first-order chi connectivity index (χ1) is 17.3. The van der Waals surface area contributed by atoms with Crippen molar-refractivity contribution >= 4 is 40.7 Å². The van der Waals surface area contributed by atoms with Crippen molar-refractivity contribution in [1.82, 2.24) is 10.4 Å². The fraction of sp³-hybridized carbons (Fsp3) is 0.375. The van der Waals surface area contributed by atoms with Gasteiger partial charge in [-0.3, -0.25) is 14.4 Å². The van der Waals surface area contributed by atoms with E-state index in [1.165, 1.54) is 17.2 Å². The molecule has 0 spiro atoms. The molecule has 2 unspecified atom stereocenters. The number of amides is 2. The third kappa shape index (κ3) is 7.33. The Morgan fingerprint density at radius 1 is 1.22 bits per heavy atom. The van der Waals surface area contributed by atoms with E-state index in [-0.39, 0.29) is 35.4 Å². The SMILES string of the molecule is CC(F)(F)F.CCN1OCC(NC(=O)c2ccc(C3=NOC(c4cc(Cl)c(F)c(Cl)c4)C3)cc2C)C1=O. The van der Waals surface area contributed by atoms with Gasteiger partial charge in [-0.05, 0) is 54.8 Å². The second-order valence-corrected chi connectivity index (χ2v) is 9.11. The Hall–Kier alpha value is -2.89. The van der Waals surface area contributed by atoms with E-state index < -0.39 is 24.1 Å². The Labute approximate surface area is 220 Å². The predicted molar refractivity (Wildman–Crippen MR) is 129 cm³/mol. The van der Waals surface area contributed by atoms with Gasteiger partial charge in [-0.25, -0.2) is 9.45 Å². The number of nitrogens with one attached hydrogen (secondary N) is 1. The minimum atomic E-state index is -4.00. The number of hydroxylamine groups is 2. The molecule has 2 aliphatic rings. The van der Waals surface area contributed by atoms with Gasteiger partial charge in [0.2, 0.25) is 0 Å². The molecule has 13 heteroatoms. The lowest BCUT2D eigenvalue weighted by Crippen LogP contribution is -2.42. The zero-order chi connectivity index (χ0) is 27.5. The van der Waals surface area contributed by atoms with Crippen LogP contribution >= 0.6 is 23.2 Å². The molecule has 0 bridgehead atoms. The van der Waals surface area contributed by atoms with Crippen molar-refractivity contribution in [3.63, 3.8) is 0 Å². The number of halogens is 6. The number of likely N-dealkylation sites (N-methyl/N-ethyl adjacent to an activating group) is 1. The lowest BCUT2D eigenvalue weighted by atomic mass is 9.97. The molecule has 2 aromatic rings. The van der Waals surface area contributed by atoms with E-state index in [2.05, 4.69) is 10.5 Å². The Morgan fingerprint density at radius 3 is 2.38 bits per heavy atom. The van der Waals surface area contributed by atoms with Gasteiger partial charge in [-0.15, -0.1) is 0 Å². The minimum absolute atomic E-state index is 0.0797. The number of alkyl halides is 3. The van der Waals surface area contributed by atoms with Gasteiger partial charge >= 0.3 is 6.18 Å². The lowest BCUT2D eigenvalue weighted by molar-refractivity contribution is -0.160. The number of rotatable bonds is 5. The van der Waals surface area contributed by atoms with E-state index >= 15 is 0 Å². The average molecular weight is 564 g/mol. The second kappa shape index (κ2) is 11.7. The van der Waals surface area contributed by atoms with Crippen LogP contribution in [0.5, 0.6) is 0 Å². The topological polar surface area (TPSA) is 80.2 Å². The van der Waals surface area contributed by atoms with Crippen molar-refractivity contribution in [2.45, 2.75) is 45.5 Å². The van der Waals surface area contributed by atoms with E-state index in [1.54, 1.807) is 26.0 Å². The van der Waals surface area contributed by atoms with Crippen molar-refractivity contribution in [1.29, 1.82) is 0 Å². The maximum Gasteiger partial charge on any atom is 0.386 e. The van der Waals surface area contributed by atoms with Crippen molar-refractivity contribution in [3.05, 3.63) is 68.4 Å². The Bertz CT molecular complexity index is 1190. The summed E-state index contributed by atoms with van der Waals surface area (Å²) in [7, 11) is 0. The number of hydrogen-bond acceptors (Lipinski definition) is 5. The van der Waals surface area contributed by atoms with Crippen LogP contribution in [-0.4, -0.2) is 48.0 Å². The van der Waals surface area contributed by atoms with Gasteiger partial charge in [0.25, 0.3) is 11.8 Å². The summed E-state index contributed by atoms with van der Waals surface area (Å²) in [4.78, 5) is 35.6. The number of carbonyl (C=O) groups excluding carboxylic acids is 2. The van der Waals surface area contributed by atoms with E-state index in [0.29, 0.717) is 29.8 Å². The van der Waals surface area contributed by atoms with Gasteiger partial charge in [0.1, 0.15) is 12.6 Å². The highest BCUT2D eigenvalue weighted by atomic mass is 35.5. The van der Waals surface area contributed by atoms with E-state index in [4.69, 9.17) is 32.9 Å². The third-order valence-electron chi connectivity index (χ3n) is 5.38. The van der Waals surface area contributed by atoms with Crippen LogP contribution in [0.15, 0.2) is 35.5 Å². The molecule has 1 fully saturated rings. The van der Waals surface area contributed by atoms with Crippen LogP contribution in [0.25, 0.3) is 0 Å². The molecule has 2 aliphatic heterocycles. The molecule has 2 atom stereocenters. The van der Waals surface area contributed by atoms with Crippen LogP contribution in [-0.2, 0) is 14.5 Å². The van der Waals surface area contributed by atoms with Crippen LogP contribution in [0.4, 0.5) is 17.6 Å². The van der Waals surface area contributed by atoms with Gasteiger partial charge in [-0.2, -0.15) is 13.2 Å². The van der Waals surface area contributed by atoms with Crippen molar-refractivity contribution in [2.75, 3.05) is 13.2 Å². The molecule has 7 nitrogen and oxygen atoms in total. The van der Waals surface area contributed by atoms with Crippen LogP contribution in [0.1, 0.15) is 53.4 Å². The van der Waals surface area contributed by atoms with Crippen molar-refractivity contribution < 1.29 is 36.8 Å². The highest BCUT2D eigenvalue weighted by Gasteiger charge is 2.34. The molecular formula is C24H23Cl2F4N3O4. The van der Waals surface area contributed by atoms with Crippen LogP contribution in [0.2, 0.25) is 10.0 Å². The first kappa shape index (κ1) is 28.7. The molecule has 2 heterocycles. The van der Waals surface area contributed by atoms with Gasteiger partial charge in [0.05, 0.1) is 15.8 Å². The molecule has 0 aliphatic carbocycles. The summed E-state index contributed by atoms with van der Waals surface area (Å²) >= 11 is 11.8. The molecule has 0 saturated carbocycles. The van der Waals surface area contributed by atoms with Gasteiger partial charge in [-0.1, -0.05) is 34.4 Å². The van der Waals surface area contributed by atoms with Crippen molar-refractivity contribution in [3.8, 4) is 0 Å². The van der Waals surface area contributed by atoms with Gasteiger partial charge in [0, 0.05) is 25.5 Å². The number of benzene rings is 2. The average Bonchev–Trinajstić information content (AvgIpc) is 3.43. The van der Waals surface area contributed by atoms with Crippen molar-refractivity contribution in [2.24, 2.45) is 5.16 Å². The number of nitrogens with zero attached hydrogens (tertiary/aromatic N) is 2. The van der Waals surface area contributed by atoms with Crippen LogP contribution < -0.4 is 5.32 Å². The lowest BCUT2D eigenvalue weighted by Gasteiger charge is -2.13. The fourth-order valence-electron chi connectivity index (χ4n) is 3.65. The number of oxime groups is 1.